The minimum absolute atomic E-state index is 0.0557. The van der Waals surface area contributed by atoms with Crippen LogP contribution in [-0.2, 0) is 11.2 Å². The summed E-state index contributed by atoms with van der Waals surface area (Å²) in [6.45, 7) is 0.721. The molecule has 3 N–H and O–H groups in total. The van der Waals surface area contributed by atoms with E-state index in [1.165, 1.54) is 5.56 Å². The summed E-state index contributed by atoms with van der Waals surface area (Å²) in [5.74, 6) is 1.33. The third-order valence-corrected chi connectivity index (χ3v) is 3.80. The molecule has 2 aromatic rings. The van der Waals surface area contributed by atoms with E-state index >= 15 is 0 Å². The number of rotatable bonds is 5. The molecule has 1 aromatic heterocycles. The Hall–Kier alpha value is -3.09. The monoisotopic (exact) mass is 339 g/mol. The van der Waals surface area contributed by atoms with Gasteiger partial charge in [-0.25, -0.2) is 0 Å². The van der Waals surface area contributed by atoms with Crippen LogP contribution in [0.25, 0.3) is 0 Å². The molecule has 0 aliphatic carbocycles. The minimum Gasteiger partial charge on any atom is -0.488 e. The summed E-state index contributed by atoms with van der Waals surface area (Å²) < 4.78 is 5.87. The number of ether oxygens (including phenoxy) is 1. The van der Waals surface area contributed by atoms with Gasteiger partial charge in [-0.1, -0.05) is 18.2 Å². The average Bonchev–Trinajstić information content (AvgIpc) is 3.05. The van der Waals surface area contributed by atoms with E-state index in [4.69, 9.17) is 4.74 Å². The molecule has 1 unspecified atom stereocenters. The molecular weight excluding hydrogens is 318 g/mol. The number of hydrogen-bond donors (Lipinski definition) is 3. The summed E-state index contributed by atoms with van der Waals surface area (Å²) in [5.41, 5.74) is 1.88. The molecule has 7 nitrogen and oxygen atoms in total. The van der Waals surface area contributed by atoms with Crippen LogP contribution in [0.15, 0.2) is 53.8 Å². The number of nitrogens with one attached hydrogen (secondary N) is 3. The molecule has 3 rings (SSSR count). The molecule has 0 spiro atoms. The zero-order valence-electron chi connectivity index (χ0n) is 14.0. The fourth-order valence-electron chi connectivity index (χ4n) is 2.60. The molecule has 0 saturated heterocycles. The van der Waals surface area contributed by atoms with Crippen LogP contribution >= 0.6 is 0 Å². The predicted octanol–water partition coefficient (Wildman–Crippen LogP) is 1.19. The Balaban J connectivity index is 1.41. The Morgan fingerprint density at radius 1 is 1.28 bits per heavy atom. The molecule has 0 saturated carbocycles. The number of nitrogens with zero attached hydrogens (tertiary/aromatic N) is 2. The van der Waals surface area contributed by atoms with Crippen molar-refractivity contribution in [2.75, 3.05) is 25.5 Å². The first-order valence-corrected chi connectivity index (χ1v) is 8.13. The van der Waals surface area contributed by atoms with Gasteiger partial charge >= 0.3 is 0 Å². The maximum atomic E-state index is 11.9. The van der Waals surface area contributed by atoms with Crippen molar-refractivity contribution in [2.45, 2.75) is 12.5 Å². The highest BCUT2D eigenvalue weighted by Crippen LogP contribution is 2.27. The molecule has 0 radical (unpaired) electrons. The molecule has 25 heavy (non-hydrogen) atoms. The molecular formula is C18H21N5O2. The second-order valence-corrected chi connectivity index (χ2v) is 5.65. The van der Waals surface area contributed by atoms with Gasteiger partial charge in [0.1, 0.15) is 11.9 Å². The summed E-state index contributed by atoms with van der Waals surface area (Å²) in [6, 6.07) is 11.6. The maximum Gasteiger partial charge on any atom is 0.243 e. The lowest BCUT2D eigenvalue weighted by Crippen LogP contribution is -2.44. The van der Waals surface area contributed by atoms with Crippen molar-refractivity contribution in [3.63, 3.8) is 0 Å². The molecule has 0 bridgehead atoms. The molecule has 1 aliphatic heterocycles. The number of guanidine groups is 1. The van der Waals surface area contributed by atoms with Crippen LogP contribution in [0, 0.1) is 0 Å². The molecule has 1 aromatic carbocycles. The van der Waals surface area contributed by atoms with E-state index in [-0.39, 0.29) is 18.6 Å². The van der Waals surface area contributed by atoms with Gasteiger partial charge in [-0.2, -0.15) is 0 Å². The van der Waals surface area contributed by atoms with Crippen LogP contribution < -0.4 is 20.7 Å². The zero-order chi connectivity index (χ0) is 17.5. The van der Waals surface area contributed by atoms with Crippen LogP contribution in [0.5, 0.6) is 5.75 Å². The molecule has 0 fully saturated rings. The summed E-state index contributed by atoms with van der Waals surface area (Å²) in [6.07, 6.45) is 4.17. The van der Waals surface area contributed by atoms with E-state index in [2.05, 4.69) is 32.0 Å². The third-order valence-electron chi connectivity index (χ3n) is 3.80. The number of fused-ring (bicyclic) bond motifs is 1. The van der Waals surface area contributed by atoms with Crippen molar-refractivity contribution < 1.29 is 9.53 Å². The lowest BCUT2D eigenvalue weighted by Gasteiger charge is -2.15. The smallest absolute Gasteiger partial charge is 0.243 e. The largest absolute Gasteiger partial charge is 0.488 e. The van der Waals surface area contributed by atoms with Crippen molar-refractivity contribution in [2.24, 2.45) is 4.99 Å². The van der Waals surface area contributed by atoms with Gasteiger partial charge in [-0.05, 0) is 23.8 Å². The second-order valence-electron chi connectivity index (χ2n) is 5.65. The summed E-state index contributed by atoms with van der Waals surface area (Å²) >= 11 is 0. The predicted molar refractivity (Wildman–Crippen MR) is 96.8 cm³/mol. The maximum absolute atomic E-state index is 11.9. The van der Waals surface area contributed by atoms with Crippen LogP contribution in [0.1, 0.15) is 5.56 Å². The number of amides is 1. The van der Waals surface area contributed by atoms with Crippen LogP contribution in [0.3, 0.4) is 0 Å². The number of benzene rings is 1. The van der Waals surface area contributed by atoms with Crippen molar-refractivity contribution in [1.29, 1.82) is 0 Å². The van der Waals surface area contributed by atoms with Gasteiger partial charge < -0.3 is 20.7 Å². The van der Waals surface area contributed by atoms with E-state index in [1.807, 2.05) is 18.2 Å². The Kier molecular flexibility index (Phi) is 5.46. The number of carbonyl (C=O) groups is 1. The summed E-state index contributed by atoms with van der Waals surface area (Å²) in [5, 5.41) is 8.93. The van der Waals surface area contributed by atoms with Crippen LogP contribution in [0.4, 0.5) is 5.69 Å². The number of pyridine rings is 1. The fourth-order valence-corrected chi connectivity index (χ4v) is 2.60. The van der Waals surface area contributed by atoms with Gasteiger partial charge in [-0.3, -0.25) is 14.8 Å². The van der Waals surface area contributed by atoms with Crippen LogP contribution in [0.2, 0.25) is 0 Å². The third kappa shape index (κ3) is 4.69. The Morgan fingerprint density at radius 2 is 2.16 bits per heavy atom. The van der Waals surface area contributed by atoms with E-state index < -0.39 is 0 Å². The zero-order valence-corrected chi connectivity index (χ0v) is 14.0. The first-order valence-electron chi connectivity index (χ1n) is 8.13. The number of carbonyl (C=O) groups excluding carboxylic acids is 1. The molecule has 1 aliphatic rings. The van der Waals surface area contributed by atoms with E-state index in [1.54, 1.807) is 31.6 Å². The molecule has 2 heterocycles. The number of aromatic nitrogens is 1. The molecule has 1 atom stereocenters. The minimum atomic E-state index is -0.166. The van der Waals surface area contributed by atoms with Gasteiger partial charge in [0.25, 0.3) is 0 Å². The Labute approximate surface area is 146 Å². The van der Waals surface area contributed by atoms with E-state index in [0.29, 0.717) is 18.2 Å². The fraction of sp³-hybridized carbons (Fsp3) is 0.278. The van der Waals surface area contributed by atoms with Crippen LogP contribution in [-0.4, -0.2) is 43.1 Å². The van der Waals surface area contributed by atoms with Crippen molar-refractivity contribution in [3.05, 3.63) is 54.4 Å². The SMILES string of the molecule is CN=C(NCC(=O)Nc1cccnc1)NCC1Cc2ccccc2O1. The second kappa shape index (κ2) is 8.14. The Bertz CT molecular complexity index is 723. The molecule has 130 valence electrons. The normalized spacial score (nSPS) is 15.9. The standard InChI is InChI=1S/C18H21N5O2/c1-19-18(22-12-17(24)23-14-6-4-8-20-10-14)21-11-15-9-13-5-2-3-7-16(13)25-15/h2-8,10,15H,9,11-12H2,1H3,(H,23,24)(H2,19,21,22). The average molecular weight is 339 g/mol. The summed E-state index contributed by atoms with van der Waals surface area (Å²) in [4.78, 5) is 20.0. The van der Waals surface area contributed by atoms with Crippen molar-refractivity contribution in [1.82, 2.24) is 15.6 Å². The number of para-hydroxylation sites is 1. The first kappa shape index (κ1) is 16.8. The lowest BCUT2D eigenvalue weighted by atomic mass is 10.1. The van der Waals surface area contributed by atoms with Gasteiger partial charge in [0.2, 0.25) is 5.91 Å². The van der Waals surface area contributed by atoms with E-state index in [0.717, 1.165) is 12.2 Å². The number of aliphatic imine (C=N–C) groups is 1. The van der Waals surface area contributed by atoms with Crippen molar-refractivity contribution >= 4 is 17.6 Å². The van der Waals surface area contributed by atoms with E-state index in [9.17, 15) is 4.79 Å². The molecule has 1 amide bonds. The summed E-state index contributed by atoms with van der Waals surface area (Å²) in [7, 11) is 1.67. The Morgan fingerprint density at radius 3 is 2.92 bits per heavy atom. The highest BCUT2D eigenvalue weighted by molar-refractivity contribution is 5.94. The highest BCUT2D eigenvalue weighted by atomic mass is 16.5. The van der Waals surface area contributed by atoms with Gasteiger partial charge in [-0.15, -0.1) is 0 Å². The quantitative estimate of drug-likeness (QED) is 0.563. The first-order chi connectivity index (χ1) is 12.2. The topological polar surface area (TPSA) is 87.6 Å². The van der Waals surface area contributed by atoms with Gasteiger partial charge in [0.05, 0.1) is 25.0 Å². The number of anilines is 1. The van der Waals surface area contributed by atoms with Gasteiger partial charge in [0, 0.05) is 19.7 Å². The number of hydrogen-bond acceptors (Lipinski definition) is 4. The molecule has 7 heteroatoms. The van der Waals surface area contributed by atoms with Gasteiger partial charge in [0.15, 0.2) is 5.96 Å². The lowest BCUT2D eigenvalue weighted by molar-refractivity contribution is -0.115. The highest BCUT2D eigenvalue weighted by Gasteiger charge is 2.22. The van der Waals surface area contributed by atoms with Crippen molar-refractivity contribution in [3.8, 4) is 5.75 Å².